The number of furan rings is 1. The van der Waals surface area contributed by atoms with Gasteiger partial charge in [0.2, 0.25) is 0 Å². The summed E-state index contributed by atoms with van der Waals surface area (Å²) >= 11 is 3.44. The minimum atomic E-state index is -1.22. The molecule has 0 saturated carbocycles. The summed E-state index contributed by atoms with van der Waals surface area (Å²) in [6.07, 6.45) is -1.22. The van der Waals surface area contributed by atoms with Crippen molar-refractivity contribution < 1.29 is 19.1 Å². The van der Waals surface area contributed by atoms with E-state index in [1.54, 1.807) is 19.1 Å². The lowest BCUT2D eigenvalue weighted by Crippen LogP contribution is -2.13. The fourth-order valence-corrected chi connectivity index (χ4v) is 2.29. The molecule has 0 saturated heterocycles. The maximum Gasteiger partial charge on any atom is 0.336 e. The summed E-state index contributed by atoms with van der Waals surface area (Å²) in [6, 6.07) is 10.9. The Morgan fingerprint density at radius 2 is 2.10 bits per heavy atom. The van der Waals surface area contributed by atoms with Crippen LogP contribution in [0, 0.1) is 0 Å². The topological polar surface area (TPSA) is 59.7 Å². The summed E-state index contributed by atoms with van der Waals surface area (Å²) < 4.78 is 11.3. The zero-order valence-electron chi connectivity index (χ0n) is 11.5. The van der Waals surface area contributed by atoms with Crippen LogP contribution in [0.1, 0.15) is 18.8 Å². The Bertz CT molecular complexity index is 660. The van der Waals surface area contributed by atoms with E-state index in [0.29, 0.717) is 5.76 Å². The van der Waals surface area contributed by atoms with Crippen molar-refractivity contribution >= 4 is 21.9 Å². The highest BCUT2D eigenvalue weighted by Gasteiger charge is 2.23. The molecular formula is C16H15BrO4. The highest BCUT2D eigenvalue weighted by atomic mass is 79.9. The molecule has 0 spiro atoms. The standard InChI is InChI=1S/C16H15BrO4/c1-3-20-16(19)10(2)15(18)14-9-8-13(21-14)11-6-4-5-7-12(11)17/h4-9,15,18H,2-3H2,1H3. The quantitative estimate of drug-likeness (QED) is 0.656. The number of ether oxygens (including phenoxy) is 1. The Balaban J connectivity index is 2.22. The molecule has 0 radical (unpaired) electrons. The smallest absolute Gasteiger partial charge is 0.336 e. The van der Waals surface area contributed by atoms with Gasteiger partial charge in [0.1, 0.15) is 17.6 Å². The monoisotopic (exact) mass is 350 g/mol. The van der Waals surface area contributed by atoms with Gasteiger partial charge in [0.05, 0.1) is 12.2 Å². The van der Waals surface area contributed by atoms with Gasteiger partial charge in [-0.05, 0) is 25.1 Å². The zero-order valence-corrected chi connectivity index (χ0v) is 13.1. The van der Waals surface area contributed by atoms with Crippen LogP contribution in [0.4, 0.5) is 0 Å². The molecule has 0 aliphatic rings. The molecule has 2 aromatic rings. The number of carbonyl (C=O) groups is 1. The fraction of sp³-hybridized carbons (Fsp3) is 0.188. The molecule has 4 nitrogen and oxygen atoms in total. The van der Waals surface area contributed by atoms with Crippen LogP contribution in [-0.4, -0.2) is 17.7 Å². The van der Waals surface area contributed by atoms with Crippen LogP contribution in [-0.2, 0) is 9.53 Å². The highest BCUT2D eigenvalue weighted by molar-refractivity contribution is 9.10. The third kappa shape index (κ3) is 3.43. The number of aliphatic hydroxyl groups is 1. The Morgan fingerprint density at radius 1 is 1.38 bits per heavy atom. The Kier molecular flexibility index (Phi) is 4.98. The van der Waals surface area contributed by atoms with Gasteiger partial charge in [-0.2, -0.15) is 0 Å². The van der Waals surface area contributed by atoms with E-state index in [9.17, 15) is 9.90 Å². The summed E-state index contributed by atoms with van der Waals surface area (Å²) in [4.78, 5) is 11.6. The number of hydrogen-bond acceptors (Lipinski definition) is 4. The first-order valence-electron chi connectivity index (χ1n) is 6.43. The van der Waals surface area contributed by atoms with Gasteiger partial charge in [-0.3, -0.25) is 0 Å². The van der Waals surface area contributed by atoms with E-state index in [1.807, 2.05) is 24.3 Å². The fourth-order valence-electron chi connectivity index (χ4n) is 1.81. The predicted octanol–water partition coefficient (Wildman–Crippen LogP) is 3.86. The van der Waals surface area contributed by atoms with Gasteiger partial charge >= 0.3 is 5.97 Å². The lowest BCUT2D eigenvalue weighted by atomic mass is 10.1. The number of esters is 1. The molecule has 1 aromatic heterocycles. The van der Waals surface area contributed by atoms with Gasteiger partial charge in [-0.1, -0.05) is 40.7 Å². The molecule has 1 heterocycles. The van der Waals surface area contributed by atoms with E-state index in [-0.39, 0.29) is 17.9 Å². The molecule has 0 aliphatic heterocycles. The van der Waals surface area contributed by atoms with Crippen molar-refractivity contribution in [1.29, 1.82) is 0 Å². The number of rotatable bonds is 5. The molecule has 0 aliphatic carbocycles. The molecule has 1 aromatic carbocycles. The van der Waals surface area contributed by atoms with Crippen molar-refractivity contribution in [2.75, 3.05) is 6.61 Å². The summed E-state index contributed by atoms with van der Waals surface area (Å²) in [5, 5.41) is 10.1. The first-order valence-corrected chi connectivity index (χ1v) is 7.22. The minimum Gasteiger partial charge on any atom is -0.463 e. The van der Waals surface area contributed by atoms with Crippen LogP contribution in [0.2, 0.25) is 0 Å². The lowest BCUT2D eigenvalue weighted by Gasteiger charge is -2.10. The van der Waals surface area contributed by atoms with Crippen LogP contribution in [0.15, 0.2) is 57.4 Å². The van der Waals surface area contributed by atoms with Crippen molar-refractivity contribution in [3.8, 4) is 11.3 Å². The number of benzene rings is 1. The van der Waals surface area contributed by atoms with E-state index < -0.39 is 12.1 Å². The molecule has 0 amide bonds. The van der Waals surface area contributed by atoms with E-state index in [4.69, 9.17) is 9.15 Å². The first-order chi connectivity index (χ1) is 10.0. The Labute approximate surface area is 131 Å². The second-order valence-corrected chi connectivity index (χ2v) is 5.18. The second-order valence-electron chi connectivity index (χ2n) is 4.33. The molecule has 0 bridgehead atoms. The number of aliphatic hydroxyl groups excluding tert-OH is 1. The summed E-state index contributed by atoms with van der Waals surface area (Å²) in [5.41, 5.74) is 0.808. The van der Waals surface area contributed by atoms with E-state index in [1.165, 1.54) is 0 Å². The zero-order chi connectivity index (χ0) is 15.4. The van der Waals surface area contributed by atoms with Crippen molar-refractivity contribution in [3.05, 3.63) is 58.8 Å². The minimum absolute atomic E-state index is 0.0510. The van der Waals surface area contributed by atoms with Crippen LogP contribution in [0.25, 0.3) is 11.3 Å². The van der Waals surface area contributed by atoms with Crippen molar-refractivity contribution in [2.24, 2.45) is 0 Å². The third-order valence-electron chi connectivity index (χ3n) is 2.90. The largest absolute Gasteiger partial charge is 0.463 e. The van der Waals surface area contributed by atoms with Crippen molar-refractivity contribution in [3.63, 3.8) is 0 Å². The maximum absolute atomic E-state index is 11.6. The molecule has 1 unspecified atom stereocenters. The van der Waals surface area contributed by atoms with Gasteiger partial charge in [-0.15, -0.1) is 0 Å². The third-order valence-corrected chi connectivity index (χ3v) is 3.59. The summed E-state index contributed by atoms with van der Waals surface area (Å²) in [7, 11) is 0. The highest BCUT2D eigenvalue weighted by Crippen LogP contribution is 2.32. The van der Waals surface area contributed by atoms with Crippen molar-refractivity contribution in [1.82, 2.24) is 0 Å². The molecule has 21 heavy (non-hydrogen) atoms. The summed E-state index contributed by atoms with van der Waals surface area (Å²) in [5.74, 6) is 0.204. The molecule has 0 fully saturated rings. The maximum atomic E-state index is 11.6. The van der Waals surface area contributed by atoms with Gasteiger partial charge in [0.15, 0.2) is 0 Å². The normalized spacial score (nSPS) is 12.0. The average Bonchev–Trinajstić information content (AvgIpc) is 2.96. The molecule has 2 rings (SSSR count). The second kappa shape index (κ2) is 6.74. The molecular weight excluding hydrogens is 336 g/mol. The van der Waals surface area contributed by atoms with Crippen LogP contribution < -0.4 is 0 Å². The first kappa shape index (κ1) is 15.5. The van der Waals surface area contributed by atoms with Crippen molar-refractivity contribution in [2.45, 2.75) is 13.0 Å². The Morgan fingerprint density at radius 3 is 2.76 bits per heavy atom. The molecule has 1 N–H and O–H groups in total. The van der Waals surface area contributed by atoms with E-state index in [2.05, 4.69) is 22.5 Å². The van der Waals surface area contributed by atoms with Crippen LogP contribution >= 0.6 is 15.9 Å². The van der Waals surface area contributed by atoms with Gasteiger partial charge in [0.25, 0.3) is 0 Å². The number of halogens is 1. The van der Waals surface area contributed by atoms with E-state index in [0.717, 1.165) is 10.0 Å². The SMILES string of the molecule is C=C(C(=O)OCC)C(O)c1ccc(-c2ccccc2Br)o1. The predicted molar refractivity (Wildman–Crippen MR) is 82.6 cm³/mol. The van der Waals surface area contributed by atoms with Crippen LogP contribution in [0.5, 0.6) is 0 Å². The number of carbonyl (C=O) groups excluding carboxylic acids is 1. The summed E-state index contributed by atoms with van der Waals surface area (Å²) in [6.45, 7) is 5.47. The molecule has 5 heteroatoms. The Hall–Kier alpha value is -1.85. The van der Waals surface area contributed by atoms with Gasteiger partial charge in [0, 0.05) is 10.0 Å². The molecule has 110 valence electrons. The molecule has 1 atom stereocenters. The lowest BCUT2D eigenvalue weighted by molar-refractivity contribution is -0.139. The number of hydrogen-bond donors (Lipinski definition) is 1. The van der Waals surface area contributed by atoms with Gasteiger partial charge in [-0.25, -0.2) is 4.79 Å². The van der Waals surface area contributed by atoms with Gasteiger partial charge < -0.3 is 14.3 Å². The van der Waals surface area contributed by atoms with E-state index >= 15 is 0 Å². The van der Waals surface area contributed by atoms with Crippen LogP contribution in [0.3, 0.4) is 0 Å². The average molecular weight is 351 g/mol.